The molecule has 184 valence electrons. The van der Waals surface area contributed by atoms with Crippen LogP contribution in [0.5, 0.6) is 0 Å². The molecule has 0 spiro atoms. The van der Waals surface area contributed by atoms with Crippen LogP contribution < -0.4 is 3.27 Å². The van der Waals surface area contributed by atoms with E-state index in [4.69, 9.17) is 4.21 Å². The van der Waals surface area contributed by atoms with E-state index in [1.54, 1.807) is 12.1 Å². The molecule has 0 radical (unpaired) electrons. The van der Waals surface area contributed by atoms with Gasteiger partial charge in [0.25, 0.3) is 0 Å². The molecule has 2 aliphatic rings. The van der Waals surface area contributed by atoms with E-state index in [1.807, 2.05) is 0 Å². The van der Waals surface area contributed by atoms with Crippen molar-refractivity contribution in [1.82, 2.24) is 0 Å². The van der Waals surface area contributed by atoms with Crippen LogP contribution in [0.2, 0.25) is 0 Å². The van der Waals surface area contributed by atoms with E-state index in [1.165, 1.54) is 44.5 Å². The molecule has 0 saturated carbocycles. The molecule has 0 aromatic heterocycles. The van der Waals surface area contributed by atoms with Gasteiger partial charge in [0, 0.05) is 0 Å². The summed E-state index contributed by atoms with van der Waals surface area (Å²) in [5, 5.41) is 0. The van der Waals surface area contributed by atoms with Gasteiger partial charge in [-0.2, -0.15) is 0 Å². The molecule has 3 aromatic rings. The average Bonchev–Trinajstić information content (AvgIpc) is 3.33. The molecule has 36 heavy (non-hydrogen) atoms. The van der Waals surface area contributed by atoms with Crippen LogP contribution >= 0.6 is 0 Å². The molecule has 0 N–H and O–H groups in total. The zero-order chi connectivity index (χ0) is 26.0. The van der Waals surface area contributed by atoms with Gasteiger partial charge in [-0.25, -0.2) is 0 Å². The molecule has 0 nitrogen and oxygen atoms in total. The quantitative estimate of drug-likeness (QED) is 0.239. The second-order valence-electron chi connectivity index (χ2n) is 12.9. The number of allylic oxidation sites excluding steroid dienone is 4. The summed E-state index contributed by atoms with van der Waals surface area (Å²) in [5.74, 6) is 0.470. The van der Waals surface area contributed by atoms with Crippen LogP contribution in [-0.2, 0) is 38.5 Å². The Kier molecular flexibility index (Phi) is 6.40. The summed E-state index contributed by atoms with van der Waals surface area (Å²) in [4.78, 5) is 0. The van der Waals surface area contributed by atoms with Crippen LogP contribution in [0.1, 0.15) is 83.2 Å². The average molecular weight is 552 g/mol. The zero-order valence-corrected chi connectivity index (χ0v) is 25.8. The fraction of sp³-hybridized carbons (Fsp3) is 0.343. The Labute approximate surface area is 226 Å². The minimum atomic E-state index is -2.37. The van der Waals surface area contributed by atoms with E-state index in [0.717, 1.165) is 6.42 Å². The number of rotatable bonds is 3. The van der Waals surface area contributed by atoms with E-state index >= 15 is 0 Å². The predicted octanol–water partition coefficient (Wildman–Crippen LogP) is 8.54. The van der Waals surface area contributed by atoms with Gasteiger partial charge in [-0.3, -0.25) is 0 Å². The summed E-state index contributed by atoms with van der Waals surface area (Å²) in [6, 6.07) is 23.2. The van der Waals surface area contributed by atoms with E-state index in [2.05, 4.69) is 122 Å². The van der Waals surface area contributed by atoms with E-state index in [0.29, 0.717) is 5.92 Å². The molecule has 3 aromatic carbocycles. The van der Waals surface area contributed by atoms with Gasteiger partial charge in [-0.1, -0.05) is 0 Å². The summed E-state index contributed by atoms with van der Waals surface area (Å²) in [5.41, 5.74) is 13.3. The van der Waals surface area contributed by atoms with Crippen LogP contribution in [0.25, 0.3) is 16.7 Å². The Morgan fingerprint density at radius 3 is 2.08 bits per heavy atom. The molecule has 5 rings (SSSR count). The van der Waals surface area contributed by atoms with E-state index in [-0.39, 0.29) is 10.8 Å². The topological polar surface area (TPSA) is 0 Å². The first kappa shape index (κ1) is 25.5. The molecule has 0 amide bonds. The summed E-state index contributed by atoms with van der Waals surface area (Å²) >= 11 is -2.37. The fourth-order valence-electron chi connectivity index (χ4n) is 5.96. The van der Waals surface area contributed by atoms with Crippen LogP contribution in [0.3, 0.4) is 0 Å². The molecular formula is C35H40Zr. The number of hydrogen-bond acceptors (Lipinski definition) is 0. The number of benzene rings is 3. The van der Waals surface area contributed by atoms with Gasteiger partial charge >= 0.3 is 227 Å². The normalized spacial score (nSPS) is 17.2. The third-order valence-corrected chi connectivity index (χ3v) is 14.5. The molecule has 0 heterocycles. The summed E-state index contributed by atoms with van der Waals surface area (Å²) in [7, 11) is 0. The van der Waals surface area contributed by atoms with Gasteiger partial charge in [-0.05, 0) is 0 Å². The van der Waals surface area contributed by atoms with Crippen molar-refractivity contribution < 1.29 is 21.3 Å². The Morgan fingerprint density at radius 2 is 1.44 bits per heavy atom. The third-order valence-electron chi connectivity index (χ3n) is 8.16. The van der Waals surface area contributed by atoms with Gasteiger partial charge in [-0.15, -0.1) is 0 Å². The first-order chi connectivity index (χ1) is 16.9. The Morgan fingerprint density at radius 1 is 0.806 bits per heavy atom. The second kappa shape index (κ2) is 9.02. The zero-order valence-electron chi connectivity index (χ0n) is 23.3. The Balaban J connectivity index is 1.67. The van der Waals surface area contributed by atoms with Crippen molar-refractivity contribution >= 4 is 13.1 Å². The Hall–Kier alpha value is -2.11. The minimum absolute atomic E-state index is 0.107. The van der Waals surface area contributed by atoms with Crippen molar-refractivity contribution in [2.45, 2.75) is 72.6 Å². The van der Waals surface area contributed by atoms with Crippen molar-refractivity contribution in [3.05, 3.63) is 103 Å². The van der Waals surface area contributed by atoms with Crippen molar-refractivity contribution in [1.29, 1.82) is 0 Å². The monoisotopic (exact) mass is 550 g/mol. The molecule has 2 aliphatic carbocycles. The van der Waals surface area contributed by atoms with Gasteiger partial charge < -0.3 is 0 Å². The van der Waals surface area contributed by atoms with Gasteiger partial charge in [0.2, 0.25) is 0 Å². The first-order valence-electron chi connectivity index (χ1n) is 13.4. The first-order valence-corrected chi connectivity index (χ1v) is 17.5. The molecule has 0 bridgehead atoms. The van der Waals surface area contributed by atoms with Crippen molar-refractivity contribution in [3.8, 4) is 11.1 Å². The number of fused-ring (bicyclic) bond motifs is 3. The van der Waals surface area contributed by atoms with Crippen LogP contribution in [0.15, 0.2) is 75.6 Å². The van der Waals surface area contributed by atoms with Crippen LogP contribution in [-0.4, -0.2) is 4.21 Å². The van der Waals surface area contributed by atoms with Crippen molar-refractivity contribution in [3.63, 3.8) is 0 Å². The molecule has 1 heteroatoms. The van der Waals surface area contributed by atoms with Gasteiger partial charge in [0.1, 0.15) is 0 Å². The maximum atomic E-state index is 5.04. The standard InChI is InChI=1S/C21H25.C13H13.CH2.Zr/c1-20(2,3)16-9-7-14-11-15-8-10-17(21(4,5)6)13-19(15)18(14)12-16;1-10-8-11(2)13(9-10)12-6-4-3-5-7-12;;/h7,9-10,12-13H,11H2,1-6H3;3-7,9-10H,1-2H3;1H2;. The SMILES string of the molecule is [CH2]=[Zr]([C]1=C(C)C(c2ccccc2)=CC1C)[c]1cc(C(C)(C)C)cc2c1Cc1ccc(C(C)(C)C)cc1-2. The van der Waals surface area contributed by atoms with E-state index < -0.39 is 21.3 Å². The predicted molar refractivity (Wildman–Crippen MR) is 155 cm³/mol. The maximum absolute atomic E-state index is 5.04. The molecule has 0 fully saturated rings. The van der Waals surface area contributed by atoms with E-state index in [9.17, 15) is 0 Å². The summed E-state index contributed by atoms with van der Waals surface area (Å²) in [6.45, 7) is 18.7. The summed E-state index contributed by atoms with van der Waals surface area (Å²) < 4.78 is 8.32. The van der Waals surface area contributed by atoms with Crippen LogP contribution in [0.4, 0.5) is 0 Å². The molecular weight excluding hydrogens is 512 g/mol. The molecule has 1 atom stereocenters. The van der Waals surface area contributed by atoms with Crippen molar-refractivity contribution in [2.75, 3.05) is 0 Å². The van der Waals surface area contributed by atoms with Gasteiger partial charge in [0.15, 0.2) is 0 Å². The van der Waals surface area contributed by atoms with Crippen molar-refractivity contribution in [2.24, 2.45) is 5.92 Å². The van der Waals surface area contributed by atoms with Crippen LogP contribution in [0, 0.1) is 5.92 Å². The second-order valence-corrected chi connectivity index (χ2v) is 17.9. The molecule has 0 saturated heterocycles. The van der Waals surface area contributed by atoms with Gasteiger partial charge in [0.05, 0.1) is 0 Å². The Bertz CT molecular complexity index is 1430. The third kappa shape index (κ3) is 4.43. The fourth-order valence-corrected chi connectivity index (χ4v) is 11.9. The summed E-state index contributed by atoms with van der Waals surface area (Å²) in [6.07, 6.45) is 3.54. The molecule has 1 unspecified atom stereocenters. The molecule has 0 aliphatic heterocycles. The number of hydrogen-bond donors (Lipinski definition) is 0.